The number of fused-ring (bicyclic) bond motifs is 1. The monoisotopic (exact) mass is 347 g/mol. The number of benzene rings is 2. The van der Waals surface area contributed by atoms with E-state index in [1.54, 1.807) is 12.4 Å². The highest BCUT2D eigenvalue weighted by atomic mass is 79.9. The molecule has 0 saturated heterocycles. The normalized spacial score (nSPS) is 10.7. The third kappa shape index (κ3) is 2.32. The van der Waals surface area contributed by atoms with Crippen LogP contribution in [0.3, 0.4) is 0 Å². The van der Waals surface area contributed by atoms with Gasteiger partial charge in [-0.05, 0) is 40.2 Å². The summed E-state index contributed by atoms with van der Waals surface area (Å²) in [6, 6.07) is 11.5. The third-order valence-corrected chi connectivity index (χ3v) is 4.48. The van der Waals surface area contributed by atoms with Crippen LogP contribution < -0.4 is 11.1 Å². The summed E-state index contributed by atoms with van der Waals surface area (Å²) in [6.45, 7) is 0. The van der Waals surface area contributed by atoms with Crippen LogP contribution in [0.25, 0.3) is 10.8 Å². The fourth-order valence-corrected chi connectivity index (χ4v) is 2.59. The van der Waals surface area contributed by atoms with Gasteiger partial charge in [0.2, 0.25) is 0 Å². The number of nitrogens with one attached hydrogen (secondary N) is 1. The Balaban J connectivity index is 2.07. The Labute approximate surface area is 129 Å². The van der Waals surface area contributed by atoms with E-state index in [4.69, 9.17) is 17.3 Å². The van der Waals surface area contributed by atoms with E-state index in [2.05, 4.69) is 26.2 Å². The molecule has 0 aliphatic carbocycles. The van der Waals surface area contributed by atoms with Crippen LogP contribution in [0.2, 0.25) is 5.02 Å². The molecule has 3 aromatic rings. The van der Waals surface area contributed by atoms with E-state index in [0.29, 0.717) is 10.7 Å². The molecule has 0 fully saturated rings. The lowest BCUT2D eigenvalue weighted by atomic mass is 10.1. The van der Waals surface area contributed by atoms with E-state index in [9.17, 15) is 0 Å². The largest absolute Gasteiger partial charge is 0.397 e. The Bertz CT molecular complexity index is 789. The van der Waals surface area contributed by atoms with Gasteiger partial charge in [0, 0.05) is 23.2 Å². The number of rotatable bonds is 2. The summed E-state index contributed by atoms with van der Waals surface area (Å²) in [5, 5.41) is 5.94. The van der Waals surface area contributed by atoms with Crippen molar-refractivity contribution in [3.05, 3.63) is 58.3 Å². The second-order valence-electron chi connectivity index (χ2n) is 4.35. The first-order chi connectivity index (χ1) is 9.66. The Kier molecular flexibility index (Phi) is 3.51. The maximum atomic E-state index is 6.22. The van der Waals surface area contributed by atoms with E-state index in [0.717, 1.165) is 26.6 Å². The molecule has 0 bridgehead atoms. The minimum atomic E-state index is 0.651. The number of nitrogens with zero attached hydrogens (tertiary/aromatic N) is 1. The molecule has 100 valence electrons. The van der Waals surface area contributed by atoms with Crippen molar-refractivity contribution in [2.75, 3.05) is 11.1 Å². The molecule has 0 radical (unpaired) electrons. The third-order valence-electron chi connectivity index (χ3n) is 3.08. The predicted octanol–water partition coefficient (Wildman–Crippen LogP) is 4.98. The van der Waals surface area contributed by atoms with E-state index >= 15 is 0 Å². The topological polar surface area (TPSA) is 50.9 Å². The van der Waals surface area contributed by atoms with Gasteiger partial charge in [0.05, 0.1) is 26.6 Å². The van der Waals surface area contributed by atoms with E-state index < -0.39 is 0 Å². The predicted molar refractivity (Wildman–Crippen MR) is 88.6 cm³/mol. The van der Waals surface area contributed by atoms with Crippen LogP contribution in [-0.2, 0) is 0 Å². The van der Waals surface area contributed by atoms with Crippen molar-refractivity contribution >= 4 is 55.4 Å². The summed E-state index contributed by atoms with van der Waals surface area (Å²) in [5.41, 5.74) is 8.62. The first-order valence-corrected chi connectivity index (χ1v) is 7.17. The fraction of sp³-hybridized carbons (Fsp3) is 0. The van der Waals surface area contributed by atoms with Crippen molar-refractivity contribution in [2.24, 2.45) is 0 Å². The molecular formula is C15H11BrClN3. The highest BCUT2D eigenvalue weighted by molar-refractivity contribution is 9.10. The van der Waals surface area contributed by atoms with Crippen LogP contribution in [0.1, 0.15) is 0 Å². The van der Waals surface area contributed by atoms with Crippen molar-refractivity contribution in [3.8, 4) is 0 Å². The maximum absolute atomic E-state index is 6.22. The van der Waals surface area contributed by atoms with Gasteiger partial charge in [-0.1, -0.05) is 23.7 Å². The number of aromatic nitrogens is 1. The molecule has 0 aliphatic rings. The summed E-state index contributed by atoms with van der Waals surface area (Å²) >= 11 is 9.56. The van der Waals surface area contributed by atoms with Crippen LogP contribution >= 0.6 is 27.5 Å². The number of pyridine rings is 1. The lowest BCUT2D eigenvalue weighted by Gasteiger charge is -2.13. The summed E-state index contributed by atoms with van der Waals surface area (Å²) in [6.07, 6.45) is 3.53. The van der Waals surface area contributed by atoms with Crippen molar-refractivity contribution < 1.29 is 0 Å². The minimum Gasteiger partial charge on any atom is -0.397 e. The number of nitrogen functional groups attached to an aromatic ring is 1. The molecule has 0 amide bonds. The van der Waals surface area contributed by atoms with Crippen LogP contribution in [0.15, 0.2) is 53.3 Å². The molecule has 3 rings (SSSR count). The minimum absolute atomic E-state index is 0.651. The molecule has 20 heavy (non-hydrogen) atoms. The molecule has 2 aromatic carbocycles. The summed E-state index contributed by atoms with van der Waals surface area (Å²) in [4.78, 5) is 4.09. The van der Waals surface area contributed by atoms with Crippen LogP contribution in [0, 0.1) is 0 Å². The Morgan fingerprint density at radius 2 is 1.95 bits per heavy atom. The maximum Gasteiger partial charge on any atom is 0.0634 e. The van der Waals surface area contributed by atoms with Gasteiger partial charge in [-0.2, -0.15) is 0 Å². The lowest BCUT2D eigenvalue weighted by molar-refractivity contribution is 1.36. The van der Waals surface area contributed by atoms with E-state index in [-0.39, 0.29) is 0 Å². The van der Waals surface area contributed by atoms with Crippen molar-refractivity contribution in [1.29, 1.82) is 0 Å². The lowest BCUT2D eigenvalue weighted by Crippen LogP contribution is -1.98. The van der Waals surface area contributed by atoms with Crippen LogP contribution in [0.5, 0.6) is 0 Å². The van der Waals surface area contributed by atoms with Gasteiger partial charge in [0.15, 0.2) is 0 Å². The average molecular weight is 349 g/mol. The molecular weight excluding hydrogens is 338 g/mol. The zero-order valence-corrected chi connectivity index (χ0v) is 12.7. The van der Waals surface area contributed by atoms with Gasteiger partial charge in [-0.25, -0.2) is 0 Å². The second kappa shape index (κ2) is 5.31. The SMILES string of the molecule is Nc1c(Nc2cccc(Cl)c2Br)ccc2cnccc12. The second-order valence-corrected chi connectivity index (χ2v) is 5.55. The van der Waals surface area contributed by atoms with Gasteiger partial charge in [-0.3, -0.25) is 4.98 Å². The zero-order chi connectivity index (χ0) is 14.1. The van der Waals surface area contributed by atoms with Crippen molar-refractivity contribution in [2.45, 2.75) is 0 Å². The molecule has 0 unspecified atom stereocenters. The van der Waals surface area contributed by atoms with Crippen LogP contribution in [-0.4, -0.2) is 4.98 Å². The molecule has 0 aliphatic heterocycles. The molecule has 1 heterocycles. The number of anilines is 3. The smallest absolute Gasteiger partial charge is 0.0634 e. The molecule has 0 spiro atoms. The molecule has 5 heteroatoms. The van der Waals surface area contributed by atoms with Gasteiger partial charge in [0.1, 0.15) is 0 Å². The van der Waals surface area contributed by atoms with Crippen molar-refractivity contribution in [3.63, 3.8) is 0 Å². The average Bonchev–Trinajstić information content (AvgIpc) is 2.47. The van der Waals surface area contributed by atoms with Crippen LogP contribution in [0.4, 0.5) is 17.1 Å². The zero-order valence-electron chi connectivity index (χ0n) is 10.4. The number of halogens is 2. The Hall–Kier alpha value is -1.78. The first-order valence-electron chi connectivity index (χ1n) is 6.00. The highest BCUT2D eigenvalue weighted by Gasteiger charge is 2.08. The van der Waals surface area contributed by atoms with Gasteiger partial charge in [-0.15, -0.1) is 0 Å². The molecule has 0 atom stereocenters. The van der Waals surface area contributed by atoms with Gasteiger partial charge < -0.3 is 11.1 Å². The Morgan fingerprint density at radius 1 is 1.10 bits per heavy atom. The quantitative estimate of drug-likeness (QED) is 0.642. The van der Waals surface area contributed by atoms with Gasteiger partial charge >= 0.3 is 0 Å². The van der Waals surface area contributed by atoms with Gasteiger partial charge in [0.25, 0.3) is 0 Å². The van der Waals surface area contributed by atoms with Crippen molar-refractivity contribution in [1.82, 2.24) is 4.98 Å². The number of nitrogens with two attached hydrogens (primary N) is 1. The Morgan fingerprint density at radius 3 is 2.80 bits per heavy atom. The first kappa shape index (κ1) is 13.2. The molecule has 3 nitrogen and oxygen atoms in total. The highest BCUT2D eigenvalue weighted by Crippen LogP contribution is 2.35. The summed E-state index contributed by atoms with van der Waals surface area (Å²) < 4.78 is 0.816. The summed E-state index contributed by atoms with van der Waals surface area (Å²) in [7, 11) is 0. The molecule has 3 N–H and O–H groups in total. The fourth-order valence-electron chi connectivity index (χ4n) is 2.05. The molecule has 0 saturated carbocycles. The number of hydrogen-bond acceptors (Lipinski definition) is 3. The van der Waals surface area contributed by atoms with E-state index in [1.165, 1.54) is 0 Å². The number of hydrogen-bond donors (Lipinski definition) is 2. The summed E-state index contributed by atoms with van der Waals surface area (Å²) in [5.74, 6) is 0. The standard InChI is InChI=1S/C15H11BrClN3/c16-14-11(17)2-1-3-12(14)20-13-5-4-9-8-19-7-6-10(9)15(13)18/h1-8,20H,18H2. The van der Waals surface area contributed by atoms with E-state index in [1.807, 2.05) is 36.4 Å². The molecule has 1 aromatic heterocycles.